The van der Waals surface area contributed by atoms with Gasteiger partial charge >= 0.3 is 0 Å². The Morgan fingerprint density at radius 2 is 0.492 bits per heavy atom. The second-order valence-corrected chi connectivity index (χ2v) is 17.6. The Morgan fingerprint density at radius 3 is 0.877 bits per heavy atom. The van der Waals surface area contributed by atoms with E-state index in [1.807, 2.05) is 0 Å². The van der Waals surface area contributed by atoms with E-state index in [4.69, 9.17) is 0 Å². The van der Waals surface area contributed by atoms with Gasteiger partial charge in [-0.2, -0.15) is 0 Å². The van der Waals surface area contributed by atoms with Crippen molar-refractivity contribution in [3.63, 3.8) is 0 Å². The van der Waals surface area contributed by atoms with Crippen molar-refractivity contribution < 1.29 is 0 Å². The van der Waals surface area contributed by atoms with Crippen LogP contribution in [0.2, 0.25) is 0 Å². The van der Waals surface area contributed by atoms with Crippen molar-refractivity contribution in [3.8, 4) is 33.4 Å². The molecule has 0 spiro atoms. The molecule has 0 N–H and O–H groups in total. The molecule has 0 saturated carbocycles. The summed E-state index contributed by atoms with van der Waals surface area (Å²) in [5, 5.41) is 21.0. The minimum atomic E-state index is 1.26. The third-order valence-corrected chi connectivity index (χ3v) is 13.9. The van der Waals surface area contributed by atoms with E-state index in [0.29, 0.717) is 0 Å². The van der Waals surface area contributed by atoms with Crippen LogP contribution in [-0.2, 0) is 0 Å². The van der Waals surface area contributed by atoms with Crippen LogP contribution in [0.3, 0.4) is 0 Å². The van der Waals surface area contributed by atoms with Crippen LogP contribution in [0.4, 0.5) is 0 Å². The molecular weight excluding hydrogens is 781 g/mol. The molecule has 0 fully saturated rings. The minimum Gasteiger partial charge on any atom is -0.0622 e. The summed E-state index contributed by atoms with van der Waals surface area (Å²) in [6, 6.07) is 82.2. The van der Waals surface area contributed by atoms with Crippen molar-refractivity contribution in [1.29, 1.82) is 0 Å². The van der Waals surface area contributed by atoms with Crippen LogP contribution in [0, 0.1) is 20.8 Å². The maximum Gasteiger partial charge on any atom is -0.00261 e. The monoisotopic (exact) mass is 826 g/mol. The first-order valence-electron chi connectivity index (χ1n) is 22.8. The molecule has 0 aliphatic heterocycles. The summed E-state index contributed by atoms with van der Waals surface area (Å²) >= 11 is 0. The van der Waals surface area contributed by atoms with Gasteiger partial charge in [0.1, 0.15) is 0 Å². The van der Waals surface area contributed by atoms with Crippen molar-refractivity contribution in [2.45, 2.75) is 20.8 Å². The largest absolute Gasteiger partial charge is 0.0622 e. The molecule has 0 radical (unpaired) electrons. The molecule has 306 valence electrons. The lowest BCUT2D eigenvalue weighted by molar-refractivity contribution is 1.55. The predicted octanol–water partition coefficient (Wildman–Crippen LogP) is 18.5. The first kappa shape index (κ1) is 38.6. The third-order valence-electron chi connectivity index (χ3n) is 13.9. The molecule has 13 aromatic rings. The average Bonchev–Trinajstić information content (AvgIpc) is 3.36. The molecule has 0 aliphatic rings. The maximum atomic E-state index is 2.40. The van der Waals surface area contributed by atoms with Gasteiger partial charge in [0, 0.05) is 0 Å². The highest BCUT2D eigenvalue weighted by atomic mass is 14.2. The molecule has 13 rings (SSSR count). The van der Waals surface area contributed by atoms with Gasteiger partial charge in [0.2, 0.25) is 0 Å². The molecule has 0 heteroatoms. The highest BCUT2D eigenvalue weighted by Crippen LogP contribution is 2.45. The molecule has 0 amide bonds. The van der Waals surface area contributed by atoms with Crippen LogP contribution >= 0.6 is 0 Å². The Morgan fingerprint density at radius 1 is 0.200 bits per heavy atom. The zero-order valence-corrected chi connectivity index (χ0v) is 36.9. The van der Waals surface area contributed by atoms with Crippen molar-refractivity contribution in [2.75, 3.05) is 0 Å². The van der Waals surface area contributed by atoms with E-state index in [2.05, 4.69) is 245 Å². The first-order valence-corrected chi connectivity index (χ1v) is 22.8. The lowest BCUT2D eigenvalue weighted by Crippen LogP contribution is -1.91. The second kappa shape index (κ2) is 15.6. The van der Waals surface area contributed by atoms with Crippen LogP contribution in [-0.4, -0.2) is 0 Å². The van der Waals surface area contributed by atoms with Crippen molar-refractivity contribution >= 4 is 86.2 Å². The summed E-state index contributed by atoms with van der Waals surface area (Å²) < 4.78 is 0. The van der Waals surface area contributed by atoms with Crippen LogP contribution in [0.5, 0.6) is 0 Å². The molecule has 0 atom stereocenters. The maximum absolute atomic E-state index is 2.40. The Balaban J connectivity index is 0.000000138. The van der Waals surface area contributed by atoms with Gasteiger partial charge < -0.3 is 0 Å². The Kier molecular flexibility index (Phi) is 9.28. The van der Waals surface area contributed by atoms with Crippen LogP contribution in [0.15, 0.2) is 224 Å². The van der Waals surface area contributed by atoms with E-state index in [1.54, 1.807) is 0 Å². The van der Waals surface area contributed by atoms with Gasteiger partial charge in [0.05, 0.1) is 0 Å². The van der Waals surface area contributed by atoms with E-state index >= 15 is 0 Å². The van der Waals surface area contributed by atoms with Crippen molar-refractivity contribution in [3.05, 3.63) is 241 Å². The van der Waals surface area contributed by atoms with E-state index in [-0.39, 0.29) is 0 Å². The lowest BCUT2D eigenvalue weighted by Gasteiger charge is -2.18. The van der Waals surface area contributed by atoms with Crippen molar-refractivity contribution in [1.82, 2.24) is 0 Å². The summed E-state index contributed by atoms with van der Waals surface area (Å²) in [5.41, 5.74) is 11.8. The molecule has 0 heterocycles. The summed E-state index contributed by atoms with van der Waals surface area (Å²) in [4.78, 5) is 0. The molecule has 65 heavy (non-hydrogen) atoms. The fourth-order valence-electron chi connectivity index (χ4n) is 10.9. The zero-order valence-electron chi connectivity index (χ0n) is 36.9. The molecule has 0 unspecified atom stereocenters. The van der Waals surface area contributed by atoms with Gasteiger partial charge in [-0.1, -0.05) is 212 Å². The van der Waals surface area contributed by atoms with Crippen LogP contribution in [0.1, 0.15) is 16.7 Å². The van der Waals surface area contributed by atoms with Gasteiger partial charge in [-0.15, -0.1) is 0 Å². The molecule has 0 bridgehead atoms. The molecule has 0 saturated heterocycles. The van der Waals surface area contributed by atoms with E-state index in [1.165, 1.54) is 136 Å². The number of benzene rings is 13. The zero-order chi connectivity index (χ0) is 43.6. The SMILES string of the molecule is Cc1c2ccccc2c(-c2ccc3cc(C)c4ccccc4c3c2)c2ccccc12.Cc1cc2ccc(-c3c4ccccc4c(-c4ccccc4)c4ccccc34)cc2c2ccccc12. The lowest BCUT2D eigenvalue weighted by atomic mass is 9.85. The summed E-state index contributed by atoms with van der Waals surface area (Å²) in [6.45, 7) is 6.65. The highest BCUT2D eigenvalue weighted by molar-refractivity contribution is 6.23. The second-order valence-electron chi connectivity index (χ2n) is 17.6. The summed E-state index contributed by atoms with van der Waals surface area (Å²) in [7, 11) is 0. The molecular formula is C65H46. The molecule has 0 nitrogen and oxygen atoms in total. The third kappa shape index (κ3) is 6.36. The number of fused-ring (bicyclic) bond motifs is 10. The van der Waals surface area contributed by atoms with Crippen molar-refractivity contribution in [2.24, 2.45) is 0 Å². The van der Waals surface area contributed by atoms with E-state index in [0.717, 1.165) is 0 Å². The fourth-order valence-corrected chi connectivity index (χ4v) is 10.9. The first-order chi connectivity index (χ1) is 32.0. The van der Waals surface area contributed by atoms with Gasteiger partial charge in [-0.3, -0.25) is 0 Å². The topological polar surface area (TPSA) is 0 Å². The number of hydrogen-bond donors (Lipinski definition) is 0. The number of rotatable bonds is 3. The van der Waals surface area contributed by atoms with E-state index < -0.39 is 0 Å². The van der Waals surface area contributed by atoms with Gasteiger partial charge in [0.25, 0.3) is 0 Å². The number of hydrogen-bond acceptors (Lipinski definition) is 0. The minimum absolute atomic E-state index is 1.26. The Bertz CT molecular complexity index is 3910. The van der Waals surface area contributed by atoms with Crippen LogP contribution < -0.4 is 0 Å². The standard InChI is InChI=1S/C35H24.C30H22/c1-23-21-25-19-20-26(22-33(25)28-14-6-5-13-27(23)28)35-31-17-9-7-15-29(31)34(24-11-3-2-4-12-24)30-16-8-10-18-32(30)35;1-19-17-21-15-16-22(18-29(21)26-12-6-3-9-23(19)26)30-27-13-7-4-10-24(27)20(2)25-11-5-8-14-28(25)30/h2-22H,1H3;3-18H,1-2H3. The fraction of sp³-hybridized carbons (Fsp3) is 0.0462. The predicted molar refractivity (Wildman–Crippen MR) is 283 cm³/mol. The normalized spacial score (nSPS) is 11.6. The Hall–Kier alpha value is -8.06. The van der Waals surface area contributed by atoms with Gasteiger partial charge in [-0.25, -0.2) is 0 Å². The average molecular weight is 827 g/mol. The van der Waals surface area contributed by atoms with Crippen LogP contribution in [0.25, 0.3) is 120 Å². The quantitative estimate of drug-likeness (QED) is 0.123. The summed E-state index contributed by atoms with van der Waals surface area (Å²) in [6.07, 6.45) is 0. The molecule has 13 aromatic carbocycles. The smallest absolute Gasteiger partial charge is 0.00261 e. The summed E-state index contributed by atoms with van der Waals surface area (Å²) in [5.74, 6) is 0. The highest BCUT2D eigenvalue weighted by Gasteiger charge is 2.18. The van der Waals surface area contributed by atoms with Gasteiger partial charge in [-0.05, 0) is 169 Å². The molecule has 0 aromatic heterocycles. The van der Waals surface area contributed by atoms with E-state index in [9.17, 15) is 0 Å². The van der Waals surface area contributed by atoms with Gasteiger partial charge in [0.15, 0.2) is 0 Å². The molecule has 0 aliphatic carbocycles. The Labute approximate surface area is 379 Å². The number of aryl methyl sites for hydroxylation is 3.